The molecule has 126 valence electrons. The van der Waals surface area contributed by atoms with E-state index >= 15 is 0 Å². The Morgan fingerprint density at radius 3 is 2.61 bits per heavy atom. The molecular formula is C18H27N3O2. The summed E-state index contributed by atoms with van der Waals surface area (Å²) in [5, 5.41) is 2.97. The molecule has 0 aromatic heterocycles. The lowest BCUT2D eigenvalue weighted by Gasteiger charge is -2.29. The van der Waals surface area contributed by atoms with E-state index in [0.717, 1.165) is 25.9 Å². The predicted octanol–water partition coefficient (Wildman–Crippen LogP) is 2.45. The van der Waals surface area contributed by atoms with E-state index in [1.165, 1.54) is 0 Å². The summed E-state index contributed by atoms with van der Waals surface area (Å²) in [6.45, 7) is 7.05. The number of anilines is 1. The summed E-state index contributed by atoms with van der Waals surface area (Å²) >= 11 is 0. The number of nitrogens with one attached hydrogen (secondary N) is 1. The van der Waals surface area contributed by atoms with Crippen LogP contribution in [-0.2, 0) is 4.79 Å². The Morgan fingerprint density at radius 2 is 1.96 bits per heavy atom. The fraction of sp³-hybridized carbons (Fsp3) is 0.556. The number of nitrogens with zero attached hydrogens (tertiary/aromatic N) is 2. The van der Waals surface area contributed by atoms with Crippen molar-refractivity contribution in [1.29, 1.82) is 0 Å². The van der Waals surface area contributed by atoms with Crippen LogP contribution in [0.1, 0.15) is 37.0 Å². The summed E-state index contributed by atoms with van der Waals surface area (Å²) in [6, 6.07) is 7.27. The van der Waals surface area contributed by atoms with Crippen LogP contribution in [0.15, 0.2) is 24.3 Å². The van der Waals surface area contributed by atoms with Crippen molar-refractivity contribution in [3.8, 4) is 0 Å². The molecule has 2 amide bonds. The van der Waals surface area contributed by atoms with Gasteiger partial charge < -0.3 is 15.1 Å². The first-order valence-electron chi connectivity index (χ1n) is 8.44. The highest BCUT2D eigenvalue weighted by Crippen LogP contribution is 2.21. The van der Waals surface area contributed by atoms with Crippen molar-refractivity contribution in [2.75, 3.05) is 38.5 Å². The molecule has 1 saturated heterocycles. The molecule has 2 rings (SSSR count). The van der Waals surface area contributed by atoms with Crippen LogP contribution >= 0.6 is 0 Å². The van der Waals surface area contributed by atoms with E-state index < -0.39 is 0 Å². The van der Waals surface area contributed by atoms with Crippen LogP contribution in [0, 0.1) is 5.92 Å². The maximum Gasteiger partial charge on any atom is 0.255 e. The van der Waals surface area contributed by atoms with Gasteiger partial charge in [-0.05, 0) is 52.4 Å². The standard InChI is InChI=1S/C18H27N3O2/c1-4-21(5-2)18(23)15-10-6-7-11-16(15)19-17(22)14-9-8-12-20(3)13-14/h6-7,10-11,14H,4-5,8-9,12-13H2,1-3H3,(H,19,22)/t14-/m1/s1. The monoisotopic (exact) mass is 317 g/mol. The third kappa shape index (κ3) is 4.32. The molecule has 1 atom stereocenters. The normalized spacial score (nSPS) is 18.5. The van der Waals surface area contributed by atoms with Gasteiger partial charge >= 0.3 is 0 Å². The largest absolute Gasteiger partial charge is 0.339 e. The van der Waals surface area contributed by atoms with E-state index in [4.69, 9.17) is 0 Å². The van der Waals surface area contributed by atoms with Gasteiger partial charge in [0.05, 0.1) is 17.2 Å². The highest BCUT2D eigenvalue weighted by molar-refractivity contribution is 6.04. The predicted molar refractivity (Wildman–Crippen MR) is 92.5 cm³/mol. The molecule has 0 saturated carbocycles. The van der Waals surface area contributed by atoms with Crippen LogP contribution in [0.5, 0.6) is 0 Å². The highest BCUT2D eigenvalue weighted by atomic mass is 16.2. The number of para-hydroxylation sites is 1. The van der Waals surface area contributed by atoms with Gasteiger partial charge in [-0.2, -0.15) is 0 Å². The van der Waals surface area contributed by atoms with E-state index in [9.17, 15) is 9.59 Å². The summed E-state index contributed by atoms with van der Waals surface area (Å²) in [4.78, 5) is 29.1. The second kappa shape index (κ2) is 8.11. The van der Waals surface area contributed by atoms with E-state index in [1.807, 2.05) is 33.0 Å². The number of likely N-dealkylation sites (tertiary alicyclic amines) is 1. The molecule has 0 radical (unpaired) electrons. The zero-order valence-electron chi connectivity index (χ0n) is 14.3. The number of carbonyl (C=O) groups excluding carboxylic acids is 2. The molecule has 0 bridgehead atoms. The molecule has 1 aliphatic heterocycles. The Morgan fingerprint density at radius 1 is 1.26 bits per heavy atom. The van der Waals surface area contributed by atoms with Crippen molar-refractivity contribution in [3.63, 3.8) is 0 Å². The van der Waals surface area contributed by atoms with Crippen molar-refractivity contribution in [1.82, 2.24) is 9.80 Å². The first-order chi connectivity index (χ1) is 11.1. The van der Waals surface area contributed by atoms with Crippen LogP contribution in [0.25, 0.3) is 0 Å². The molecule has 5 nitrogen and oxygen atoms in total. The minimum atomic E-state index is -0.0355. The minimum absolute atomic E-state index is 0.00892. The lowest BCUT2D eigenvalue weighted by atomic mass is 9.97. The Balaban J connectivity index is 2.14. The molecule has 1 heterocycles. The van der Waals surface area contributed by atoms with Crippen molar-refractivity contribution in [2.45, 2.75) is 26.7 Å². The summed E-state index contributed by atoms with van der Waals surface area (Å²) in [5.74, 6) is -0.0339. The molecule has 1 aromatic carbocycles. The van der Waals surface area contributed by atoms with Gasteiger partial charge in [0.15, 0.2) is 0 Å². The second-order valence-corrected chi connectivity index (χ2v) is 6.11. The highest BCUT2D eigenvalue weighted by Gasteiger charge is 2.25. The summed E-state index contributed by atoms with van der Waals surface area (Å²) < 4.78 is 0. The lowest BCUT2D eigenvalue weighted by molar-refractivity contribution is -0.121. The van der Waals surface area contributed by atoms with Crippen LogP contribution in [0.4, 0.5) is 5.69 Å². The zero-order chi connectivity index (χ0) is 16.8. The maximum atomic E-state index is 12.6. The molecule has 1 N–H and O–H groups in total. The molecule has 0 spiro atoms. The molecule has 0 unspecified atom stereocenters. The lowest BCUT2D eigenvalue weighted by Crippen LogP contribution is -2.39. The first-order valence-corrected chi connectivity index (χ1v) is 8.44. The average Bonchev–Trinajstić information content (AvgIpc) is 2.56. The number of hydrogen-bond acceptors (Lipinski definition) is 3. The van der Waals surface area contributed by atoms with Gasteiger partial charge in [-0.15, -0.1) is 0 Å². The quantitative estimate of drug-likeness (QED) is 0.907. The summed E-state index contributed by atoms with van der Waals surface area (Å²) in [6.07, 6.45) is 1.94. The molecule has 1 fully saturated rings. The molecule has 5 heteroatoms. The summed E-state index contributed by atoms with van der Waals surface area (Å²) in [7, 11) is 2.04. The van der Waals surface area contributed by atoms with Gasteiger partial charge in [-0.3, -0.25) is 9.59 Å². The van der Waals surface area contributed by atoms with E-state index in [1.54, 1.807) is 17.0 Å². The molecule has 23 heavy (non-hydrogen) atoms. The molecular weight excluding hydrogens is 290 g/mol. The van der Waals surface area contributed by atoms with Gasteiger partial charge in [0.25, 0.3) is 5.91 Å². The van der Waals surface area contributed by atoms with Gasteiger partial charge in [-0.25, -0.2) is 0 Å². The van der Waals surface area contributed by atoms with E-state index in [0.29, 0.717) is 24.3 Å². The van der Waals surface area contributed by atoms with Crippen LogP contribution < -0.4 is 5.32 Å². The number of rotatable bonds is 5. The van der Waals surface area contributed by atoms with Crippen LogP contribution in [-0.4, -0.2) is 54.8 Å². The molecule has 1 aliphatic rings. The number of amides is 2. The van der Waals surface area contributed by atoms with Gasteiger partial charge in [0, 0.05) is 19.6 Å². The maximum absolute atomic E-state index is 12.6. The van der Waals surface area contributed by atoms with E-state index in [-0.39, 0.29) is 17.7 Å². The topological polar surface area (TPSA) is 52.7 Å². The second-order valence-electron chi connectivity index (χ2n) is 6.11. The fourth-order valence-corrected chi connectivity index (χ4v) is 3.07. The Kier molecular flexibility index (Phi) is 6.16. The zero-order valence-corrected chi connectivity index (χ0v) is 14.3. The van der Waals surface area contributed by atoms with Gasteiger partial charge in [0.1, 0.15) is 0 Å². The minimum Gasteiger partial charge on any atom is -0.339 e. The number of hydrogen-bond donors (Lipinski definition) is 1. The van der Waals surface area contributed by atoms with E-state index in [2.05, 4.69) is 10.2 Å². The Bertz CT molecular complexity index is 555. The fourth-order valence-electron chi connectivity index (χ4n) is 3.07. The average molecular weight is 317 g/mol. The third-order valence-corrected chi connectivity index (χ3v) is 4.46. The Hall–Kier alpha value is -1.88. The Labute approximate surface area is 138 Å². The number of piperidine rings is 1. The number of carbonyl (C=O) groups is 2. The van der Waals surface area contributed by atoms with Crippen LogP contribution in [0.2, 0.25) is 0 Å². The van der Waals surface area contributed by atoms with Crippen molar-refractivity contribution >= 4 is 17.5 Å². The van der Waals surface area contributed by atoms with Crippen molar-refractivity contribution in [3.05, 3.63) is 29.8 Å². The van der Waals surface area contributed by atoms with Gasteiger partial charge in [0.2, 0.25) is 5.91 Å². The SMILES string of the molecule is CCN(CC)C(=O)c1ccccc1NC(=O)[C@@H]1CCCN(C)C1. The molecule has 1 aromatic rings. The third-order valence-electron chi connectivity index (χ3n) is 4.46. The van der Waals surface area contributed by atoms with Crippen molar-refractivity contribution in [2.24, 2.45) is 5.92 Å². The smallest absolute Gasteiger partial charge is 0.255 e. The molecule has 0 aliphatic carbocycles. The van der Waals surface area contributed by atoms with Crippen molar-refractivity contribution < 1.29 is 9.59 Å². The van der Waals surface area contributed by atoms with Crippen LogP contribution in [0.3, 0.4) is 0 Å². The number of benzene rings is 1. The first kappa shape index (κ1) is 17.5. The summed E-state index contributed by atoms with van der Waals surface area (Å²) in [5.41, 5.74) is 1.18. The van der Waals surface area contributed by atoms with Gasteiger partial charge in [-0.1, -0.05) is 12.1 Å².